The number of nitrogens with one attached hydrogen (secondary N) is 1. The molecular formula is C14H24N2O4. The second-order valence-electron chi connectivity index (χ2n) is 6.12. The Kier molecular flexibility index (Phi) is 4.86. The zero-order valence-electron chi connectivity index (χ0n) is 12.1. The number of carboxylic acids is 1. The van der Waals surface area contributed by atoms with Crippen LogP contribution in [-0.4, -0.2) is 55.4 Å². The van der Waals surface area contributed by atoms with Crippen LogP contribution in [0.4, 0.5) is 4.79 Å². The summed E-state index contributed by atoms with van der Waals surface area (Å²) in [7, 11) is 1.68. The molecule has 2 amide bonds. The van der Waals surface area contributed by atoms with Crippen molar-refractivity contribution in [1.29, 1.82) is 0 Å². The van der Waals surface area contributed by atoms with E-state index in [1.807, 2.05) is 0 Å². The minimum atomic E-state index is -0.957. The Morgan fingerprint density at radius 3 is 2.60 bits per heavy atom. The van der Waals surface area contributed by atoms with Crippen LogP contribution in [-0.2, 0) is 9.53 Å². The van der Waals surface area contributed by atoms with Crippen molar-refractivity contribution in [2.75, 3.05) is 33.4 Å². The summed E-state index contributed by atoms with van der Waals surface area (Å²) in [5.41, 5.74) is 0.181. The van der Waals surface area contributed by atoms with E-state index in [0.29, 0.717) is 25.6 Å². The number of ether oxygens (including phenoxy) is 1. The fourth-order valence-corrected chi connectivity index (χ4v) is 2.38. The van der Waals surface area contributed by atoms with Crippen LogP contribution in [0.1, 0.15) is 32.1 Å². The average Bonchev–Trinajstić information content (AvgIpc) is 3.29. The lowest BCUT2D eigenvalue weighted by Gasteiger charge is -2.23. The van der Waals surface area contributed by atoms with Gasteiger partial charge in [0.2, 0.25) is 0 Å². The van der Waals surface area contributed by atoms with Gasteiger partial charge in [-0.25, -0.2) is 4.79 Å². The summed E-state index contributed by atoms with van der Waals surface area (Å²) in [6, 6.07) is -0.247. The molecule has 0 unspecified atom stereocenters. The quantitative estimate of drug-likeness (QED) is 0.669. The maximum absolute atomic E-state index is 12.1. The Hall–Kier alpha value is -1.30. The Morgan fingerprint density at radius 2 is 2.10 bits per heavy atom. The fourth-order valence-electron chi connectivity index (χ4n) is 2.38. The van der Waals surface area contributed by atoms with Gasteiger partial charge in [-0.1, -0.05) is 0 Å². The van der Waals surface area contributed by atoms with Crippen molar-refractivity contribution >= 4 is 12.0 Å². The number of aliphatic carboxylic acids is 1. The Morgan fingerprint density at radius 1 is 1.40 bits per heavy atom. The first-order valence-corrected chi connectivity index (χ1v) is 7.28. The first kappa shape index (κ1) is 15.1. The molecule has 0 aromatic heterocycles. The summed E-state index contributed by atoms with van der Waals surface area (Å²) in [6.07, 6.45) is 5.37. The molecule has 0 aromatic rings. The number of carbonyl (C=O) groups excluding carboxylic acids is 1. The molecule has 0 spiro atoms. The van der Waals surface area contributed by atoms with Crippen LogP contribution >= 0.6 is 0 Å². The van der Waals surface area contributed by atoms with Crippen molar-refractivity contribution in [3.63, 3.8) is 0 Å². The molecule has 2 aliphatic carbocycles. The van der Waals surface area contributed by atoms with E-state index in [-0.39, 0.29) is 18.0 Å². The maximum atomic E-state index is 12.1. The van der Waals surface area contributed by atoms with Crippen LogP contribution in [0.15, 0.2) is 0 Å². The number of carbonyl (C=O) groups is 2. The molecule has 114 valence electrons. The van der Waals surface area contributed by atoms with E-state index < -0.39 is 5.97 Å². The van der Waals surface area contributed by atoms with E-state index in [9.17, 15) is 9.59 Å². The second-order valence-corrected chi connectivity index (χ2v) is 6.12. The van der Waals surface area contributed by atoms with Gasteiger partial charge >= 0.3 is 12.0 Å². The molecule has 2 aliphatic rings. The summed E-state index contributed by atoms with van der Waals surface area (Å²) in [4.78, 5) is 24.4. The molecule has 6 nitrogen and oxygen atoms in total. The van der Waals surface area contributed by atoms with Crippen molar-refractivity contribution in [2.45, 2.75) is 32.1 Å². The monoisotopic (exact) mass is 284 g/mol. The summed E-state index contributed by atoms with van der Waals surface area (Å²) in [5.74, 6) is -0.468. The van der Waals surface area contributed by atoms with Gasteiger partial charge in [0.1, 0.15) is 6.54 Å². The molecule has 2 N–H and O–H groups in total. The van der Waals surface area contributed by atoms with Gasteiger partial charge < -0.3 is 20.1 Å². The molecule has 0 radical (unpaired) electrons. The number of carboxylic acid groups (broad SMARTS) is 1. The van der Waals surface area contributed by atoms with Crippen LogP contribution in [0.25, 0.3) is 0 Å². The molecule has 0 aromatic carbocycles. The van der Waals surface area contributed by atoms with Crippen LogP contribution in [0.5, 0.6) is 0 Å². The number of methoxy groups -OCH3 is 1. The van der Waals surface area contributed by atoms with Crippen LogP contribution in [0.3, 0.4) is 0 Å². The van der Waals surface area contributed by atoms with Crippen LogP contribution in [0, 0.1) is 11.3 Å². The van der Waals surface area contributed by atoms with Gasteiger partial charge in [-0.2, -0.15) is 0 Å². The van der Waals surface area contributed by atoms with Gasteiger partial charge in [0, 0.05) is 26.8 Å². The average molecular weight is 284 g/mol. The number of amides is 2. The molecule has 20 heavy (non-hydrogen) atoms. The van der Waals surface area contributed by atoms with Gasteiger partial charge in [0.05, 0.1) is 0 Å². The zero-order valence-corrected chi connectivity index (χ0v) is 12.1. The number of rotatable bonds is 9. The number of nitrogens with zero attached hydrogens (tertiary/aromatic N) is 1. The highest BCUT2D eigenvalue weighted by Gasteiger charge is 2.42. The van der Waals surface area contributed by atoms with Crippen molar-refractivity contribution in [3.8, 4) is 0 Å². The topological polar surface area (TPSA) is 78.9 Å². The Bertz CT molecular complexity index is 364. The fraction of sp³-hybridized carbons (Fsp3) is 0.857. The Labute approximate surface area is 119 Å². The molecule has 0 aliphatic heterocycles. The van der Waals surface area contributed by atoms with E-state index >= 15 is 0 Å². The normalized spacial score (nSPS) is 19.4. The highest BCUT2D eigenvalue weighted by Crippen LogP contribution is 2.48. The van der Waals surface area contributed by atoms with Crippen molar-refractivity contribution < 1.29 is 19.4 Å². The van der Waals surface area contributed by atoms with E-state index in [2.05, 4.69) is 5.32 Å². The number of hydrogen-bond donors (Lipinski definition) is 2. The number of hydrogen-bond acceptors (Lipinski definition) is 3. The predicted molar refractivity (Wildman–Crippen MR) is 73.5 cm³/mol. The van der Waals surface area contributed by atoms with Crippen LogP contribution in [0.2, 0.25) is 0 Å². The summed E-state index contributed by atoms with van der Waals surface area (Å²) in [6.45, 7) is 1.67. The molecule has 0 atom stereocenters. The first-order chi connectivity index (χ1) is 9.54. The van der Waals surface area contributed by atoms with Gasteiger partial charge in [0.25, 0.3) is 0 Å². The highest BCUT2D eigenvalue weighted by molar-refractivity contribution is 5.80. The van der Waals surface area contributed by atoms with Gasteiger partial charge in [-0.3, -0.25) is 4.79 Å². The first-order valence-electron chi connectivity index (χ1n) is 7.28. The molecule has 2 saturated carbocycles. The molecule has 0 saturated heterocycles. The molecule has 2 rings (SSSR count). The summed E-state index contributed by atoms with van der Waals surface area (Å²) < 4.78 is 5.08. The highest BCUT2D eigenvalue weighted by atomic mass is 16.5. The zero-order chi connectivity index (χ0) is 14.6. The number of urea groups is 1. The van der Waals surface area contributed by atoms with E-state index in [4.69, 9.17) is 9.84 Å². The second kappa shape index (κ2) is 6.43. The molecule has 2 fully saturated rings. The molecule has 0 bridgehead atoms. The third-order valence-electron chi connectivity index (χ3n) is 4.20. The SMILES string of the molecule is COCCC1(CNC(=O)N(CC(=O)O)CC2CC2)CC1. The molecular weight excluding hydrogens is 260 g/mol. The van der Waals surface area contributed by atoms with Crippen molar-refractivity contribution in [1.82, 2.24) is 10.2 Å². The van der Waals surface area contributed by atoms with Crippen LogP contribution < -0.4 is 5.32 Å². The smallest absolute Gasteiger partial charge is 0.323 e. The minimum absolute atomic E-state index is 0.181. The largest absolute Gasteiger partial charge is 0.480 e. The minimum Gasteiger partial charge on any atom is -0.480 e. The van der Waals surface area contributed by atoms with E-state index in [1.165, 1.54) is 4.90 Å². The lowest BCUT2D eigenvalue weighted by Crippen LogP contribution is -2.45. The van der Waals surface area contributed by atoms with E-state index in [0.717, 1.165) is 32.1 Å². The third kappa shape index (κ3) is 4.67. The van der Waals surface area contributed by atoms with Crippen molar-refractivity contribution in [2.24, 2.45) is 11.3 Å². The summed E-state index contributed by atoms with van der Waals surface area (Å²) >= 11 is 0. The summed E-state index contributed by atoms with van der Waals surface area (Å²) in [5, 5.41) is 11.8. The maximum Gasteiger partial charge on any atom is 0.323 e. The van der Waals surface area contributed by atoms with Gasteiger partial charge in [0.15, 0.2) is 0 Å². The van der Waals surface area contributed by atoms with Gasteiger partial charge in [-0.15, -0.1) is 0 Å². The van der Waals surface area contributed by atoms with Gasteiger partial charge in [-0.05, 0) is 43.4 Å². The van der Waals surface area contributed by atoms with Crippen molar-refractivity contribution in [3.05, 3.63) is 0 Å². The predicted octanol–water partition coefficient (Wildman–Crippen LogP) is 1.31. The molecule has 0 heterocycles. The Balaban J connectivity index is 1.77. The third-order valence-corrected chi connectivity index (χ3v) is 4.20. The lowest BCUT2D eigenvalue weighted by molar-refractivity contribution is -0.137. The van der Waals surface area contributed by atoms with E-state index in [1.54, 1.807) is 7.11 Å². The lowest BCUT2D eigenvalue weighted by atomic mass is 10.0. The standard InChI is InChI=1S/C14H24N2O4/c1-20-7-6-14(4-5-14)10-15-13(19)16(9-12(17)18)8-11-2-3-11/h11H,2-10H2,1H3,(H,15,19)(H,17,18). The molecule has 6 heteroatoms.